The molecule has 0 spiro atoms. The maximum absolute atomic E-state index is 12.5. The largest absolute Gasteiger partial charge is 0.393 e. The Bertz CT molecular complexity index is 716. The molecule has 20 heavy (non-hydrogen) atoms. The van der Waals surface area contributed by atoms with Gasteiger partial charge < -0.3 is 15.0 Å². The molecule has 0 aliphatic heterocycles. The van der Waals surface area contributed by atoms with Gasteiger partial charge >= 0.3 is 0 Å². The summed E-state index contributed by atoms with van der Waals surface area (Å²) in [6.45, 7) is 0. The average molecular weight is 272 g/mol. The molecule has 104 valence electrons. The number of nitrogens with one attached hydrogen (secondary N) is 1. The third kappa shape index (κ3) is 2.10. The second kappa shape index (κ2) is 4.76. The number of benzene rings is 1. The van der Waals surface area contributed by atoms with Crippen LogP contribution in [-0.2, 0) is 0 Å². The number of H-pyrrole nitrogens is 1. The molecular weight excluding hydrogens is 256 g/mol. The first-order chi connectivity index (χ1) is 9.56. The van der Waals surface area contributed by atoms with Gasteiger partial charge in [0.05, 0.1) is 6.10 Å². The molecule has 3 rings (SSSR count). The lowest BCUT2D eigenvalue weighted by Crippen LogP contribution is -2.47. The van der Waals surface area contributed by atoms with Crippen LogP contribution in [0, 0.1) is 0 Å². The van der Waals surface area contributed by atoms with Crippen LogP contribution in [0.25, 0.3) is 10.9 Å². The zero-order valence-electron chi connectivity index (χ0n) is 11.2. The Labute approximate surface area is 115 Å². The monoisotopic (exact) mass is 272 g/mol. The molecule has 2 N–H and O–H groups in total. The van der Waals surface area contributed by atoms with Gasteiger partial charge in [-0.05, 0) is 31.0 Å². The van der Waals surface area contributed by atoms with Gasteiger partial charge in [0.15, 0.2) is 0 Å². The summed E-state index contributed by atoms with van der Waals surface area (Å²) in [6.07, 6.45) is 0.965. The molecule has 0 bridgehead atoms. The molecule has 1 fully saturated rings. The van der Waals surface area contributed by atoms with Crippen LogP contribution in [0.5, 0.6) is 0 Å². The molecular formula is C15H16N2O3. The number of rotatable bonds is 2. The summed E-state index contributed by atoms with van der Waals surface area (Å²) in [4.78, 5) is 28.3. The molecule has 0 radical (unpaired) electrons. The minimum absolute atomic E-state index is 0.0838. The van der Waals surface area contributed by atoms with E-state index < -0.39 is 0 Å². The zero-order chi connectivity index (χ0) is 14.3. The zero-order valence-corrected chi connectivity index (χ0v) is 11.2. The molecule has 0 saturated heterocycles. The van der Waals surface area contributed by atoms with Crippen LogP contribution in [0.1, 0.15) is 23.2 Å². The lowest BCUT2D eigenvalue weighted by Gasteiger charge is -2.38. The minimum atomic E-state index is -0.292. The Hall–Kier alpha value is -2.14. The van der Waals surface area contributed by atoms with Crippen LogP contribution in [-0.4, -0.2) is 40.1 Å². The van der Waals surface area contributed by atoms with E-state index in [1.807, 2.05) is 0 Å². The van der Waals surface area contributed by atoms with Crippen molar-refractivity contribution in [3.63, 3.8) is 0 Å². The topological polar surface area (TPSA) is 73.4 Å². The van der Waals surface area contributed by atoms with Crippen molar-refractivity contribution in [3.05, 3.63) is 46.2 Å². The second-order valence-corrected chi connectivity index (χ2v) is 5.28. The van der Waals surface area contributed by atoms with Crippen LogP contribution in [0.2, 0.25) is 0 Å². The van der Waals surface area contributed by atoms with E-state index in [0.717, 1.165) is 5.39 Å². The van der Waals surface area contributed by atoms with Gasteiger partial charge in [-0.2, -0.15) is 0 Å². The molecule has 1 aromatic carbocycles. The number of pyridine rings is 1. The number of hydrogen-bond acceptors (Lipinski definition) is 3. The summed E-state index contributed by atoms with van der Waals surface area (Å²) in [5.41, 5.74) is 1.05. The summed E-state index contributed by atoms with van der Waals surface area (Å²) >= 11 is 0. The quantitative estimate of drug-likeness (QED) is 0.860. The number of amides is 1. The Morgan fingerprint density at radius 1 is 1.30 bits per heavy atom. The molecule has 5 nitrogen and oxygen atoms in total. The predicted molar refractivity (Wildman–Crippen MR) is 75.7 cm³/mol. The molecule has 1 aromatic heterocycles. The fraction of sp³-hybridized carbons (Fsp3) is 0.333. The van der Waals surface area contributed by atoms with Gasteiger partial charge in [-0.15, -0.1) is 0 Å². The van der Waals surface area contributed by atoms with Gasteiger partial charge in [-0.3, -0.25) is 9.59 Å². The van der Waals surface area contributed by atoms with E-state index in [4.69, 9.17) is 0 Å². The van der Waals surface area contributed by atoms with E-state index in [9.17, 15) is 14.7 Å². The Morgan fingerprint density at radius 2 is 2.05 bits per heavy atom. The lowest BCUT2D eigenvalue weighted by molar-refractivity contribution is 0.0133. The number of aliphatic hydroxyl groups is 1. The summed E-state index contributed by atoms with van der Waals surface area (Å²) in [7, 11) is 1.75. The highest BCUT2D eigenvalue weighted by Crippen LogP contribution is 2.27. The first kappa shape index (κ1) is 12.9. The SMILES string of the molecule is CN(C(=O)c1cccc2[nH]c(=O)ccc12)C1CC(O)C1. The number of hydrogen-bond donors (Lipinski definition) is 2. The summed E-state index contributed by atoms with van der Waals surface area (Å²) < 4.78 is 0. The number of aromatic amines is 1. The van der Waals surface area contributed by atoms with Gasteiger partial charge in [0, 0.05) is 35.6 Å². The molecule has 2 aromatic rings. The van der Waals surface area contributed by atoms with Crippen molar-refractivity contribution in [2.75, 3.05) is 7.05 Å². The smallest absolute Gasteiger partial charge is 0.254 e. The third-order valence-electron chi connectivity index (χ3n) is 3.95. The van der Waals surface area contributed by atoms with E-state index in [0.29, 0.717) is 23.9 Å². The van der Waals surface area contributed by atoms with E-state index in [1.54, 1.807) is 36.2 Å². The molecule has 1 saturated carbocycles. The van der Waals surface area contributed by atoms with Crippen LogP contribution < -0.4 is 5.56 Å². The number of nitrogens with zero attached hydrogens (tertiary/aromatic N) is 1. The van der Waals surface area contributed by atoms with E-state index in [1.165, 1.54) is 6.07 Å². The van der Waals surface area contributed by atoms with Gasteiger partial charge in [0.1, 0.15) is 0 Å². The van der Waals surface area contributed by atoms with Crippen LogP contribution in [0.15, 0.2) is 35.1 Å². The normalized spacial score (nSPS) is 21.5. The number of fused-ring (bicyclic) bond motifs is 1. The molecule has 0 atom stereocenters. The minimum Gasteiger partial charge on any atom is -0.393 e. The molecule has 1 aliphatic rings. The highest BCUT2D eigenvalue weighted by atomic mass is 16.3. The number of carbonyl (C=O) groups excluding carboxylic acids is 1. The van der Waals surface area contributed by atoms with E-state index in [2.05, 4.69) is 4.98 Å². The molecule has 1 heterocycles. The molecule has 0 unspecified atom stereocenters. The Morgan fingerprint density at radius 3 is 2.75 bits per heavy atom. The number of carbonyl (C=O) groups is 1. The van der Waals surface area contributed by atoms with Crippen molar-refractivity contribution < 1.29 is 9.90 Å². The first-order valence-electron chi connectivity index (χ1n) is 6.63. The molecule has 1 aliphatic carbocycles. The van der Waals surface area contributed by atoms with Gasteiger partial charge in [-0.1, -0.05) is 6.07 Å². The van der Waals surface area contributed by atoms with Crippen molar-refractivity contribution in [2.45, 2.75) is 25.0 Å². The highest BCUT2D eigenvalue weighted by molar-refractivity contribution is 6.06. The summed E-state index contributed by atoms with van der Waals surface area (Å²) in [5.74, 6) is -0.0838. The van der Waals surface area contributed by atoms with E-state index >= 15 is 0 Å². The van der Waals surface area contributed by atoms with Gasteiger partial charge in [-0.25, -0.2) is 0 Å². The van der Waals surface area contributed by atoms with Crippen molar-refractivity contribution in [3.8, 4) is 0 Å². The number of aromatic nitrogens is 1. The van der Waals surface area contributed by atoms with Crippen LogP contribution in [0.4, 0.5) is 0 Å². The standard InChI is InChI=1S/C15H16N2O3/c1-17(9-7-10(18)8-9)15(20)12-3-2-4-13-11(12)5-6-14(19)16-13/h2-6,9-10,18H,7-8H2,1H3,(H,16,19). The first-order valence-corrected chi connectivity index (χ1v) is 6.63. The fourth-order valence-corrected chi connectivity index (χ4v) is 2.60. The lowest BCUT2D eigenvalue weighted by atomic mass is 9.88. The van der Waals surface area contributed by atoms with Gasteiger partial charge in [0.2, 0.25) is 5.56 Å². The molecule has 5 heteroatoms. The van der Waals surface area contributed by atoms with Crippen molar-refractivity contribution in [1.82, 2.24) is 9.88 Å². The Kier molecular flexibility index (Phi) is 3.06. The second-order valence-electron chi connectivity index (χ2n) is 5.28. The highest BCUT2D eigenvalue weighted by Gasteiger charge is 2.33. The average Bonchev–Trinajstić information content (AvgIpc) is 2.41. The summed E-state index contributed by atoms with van der Waals surface area (Å²) in [6, 6.07) is 8.48. The maximum atomic E-state index is 12.5. The number of aliphatic hydroxyl groups excluding tert-OH is 1. The Balaban J connectivity index is 1.97. The van der Waals surface area contributed by atoms with Crippen molar-refractivity contribution in [2.24, 2.45) is 0 Å². The maximum Gasteiger partial charge on any atom is 0.254 e. The third-order valence-corrected chi connectivity index (χ3v) is 3.95. The molecule has 1 amide bonds. The van der Waals surface area contributed by atoms with Crippen molar-refractivity contribution >= 4 is 16.8 Å². The summed E-state index contributed by atoms with van der Waals surface area (Å²) in [5, 5.41) is 10.1. The van der Waals surface area contributed by atoms with Crippen molar-refractivity contribution in [1.29, 1.82) is 0 Å². The fourth-order valence-electron chi connectivity index (χ4n) is 2.60. The van der Waals surface area contributed by atoms with E-state index in [-0.39, 0.29) is 23.6 Å². The predicted octanol–water partition coefficient (Wildman–Crippen LogP) is 1.12. The van der Waals surface area contributed by atoms with Crippen LogP contribution in [0.3, 0.4) is 0 Å². The van der Waals surface area contributed by atoms with Gasteiger partial charge in [0.25, 0.3) is 5.91 Å². The van der Waals surface area contributed by atoms with Crippen LogP contribution >= 0.6 is 0 Å².